The molecule has 21 heavy (non-hydrogen) atoms. The molecule has 0 spiro atoms. The van der Waals surface area contributed by atoms with Crippen molar-refractivity contribution in [1.29, 1.82) is 0 Å². The second-order valence-corrected chi connectivity index (χ2v) is 10.1. The maximum absolute atomic E-state index is 12.7. The topological polar surface area (TPSA) is 71.5 Å². The molecule has 1 aromatic carbocycles. The molecule has 0 unspecified atom stereocenters. The van der Waals surface area contributed by atoms with E-state index in [1.165, 1.54) is 10.4 Å². The van der Waals surface area contributed by atoms with Crippen LogP contribution in [0, 0.1) is 0 Å². The SMILES string of the molecule is O=S1(=O)CCCN(S(=O)(=O)c2cc(CCl)ccc2Br)CC1. The Morgan fingerprint density at radius 2 is 1.95 bits per heavy atom. The number of hydrogen-bond donors (Lipinski definition) is 0. The Morgan fingerprint density at radius 3 is 2.62 bits per heavy atom. The number of sulfonamides is 1. The van der Waals surface area contributed by atoms with Gasteiger partial charge in [-0.2, -0.15) is 4.31 Å². The fourth-order valence-corrected chi connectivity index (χ4v) is 6.13. The molecule has 2 rings (SSSR count). The van der Waals surface area contributed by atoms with E-state index in [9.17, 15) is 16.8 Å². The van der Waals surface area contributed by atoms with E-state index in [0.717, 1.165) is 0 Å². The van der Waals surface area contributed by atoms with E-state index < -0.39 is 19.9 Å². The molecule has 0 aromatic heterocycles. The van der Waals surface area contributed by atoms with Gasteiger partial charge in [0.25, 0.3) is 0 Å². The highest BCUT2D eigenvalue weighted by molar-refractivity contribution is 9.10. The summed E-state index contributed by atoms with van der Waals surface area (Å²) in [6.45, 7) is 0.196. The number of rotatable bonds is 3. The van der Waals surface area contributed by atoms with Gasteiger partial charge in [0.1, 0.15) is 0 Å². The van der Waals surface area contributed by atoms with Crippen LogP contribution in [0.4, 0.5) is 0 Å². The predicted octanol–water partition coefficient (Wildman–Crippen LogP) is 2.00. The summed E-state index contributed by atoms with van der Waals surface area (Å²) in [5.41, 5.74) is 0.695. The predicted molar refractivity (Wildman–Crippen MR) is 85.7 cm³/mol. The van der Waals surface area contributed by atoms with Gasteiger partial charge >= 0.3 is 0 Å². The lowest BCUT2D eigenvalue weighted by molar-refractivity contribution is 0.434. The molecule has 1 saturated heterocycles. The second-order valence-electron chi connectivity index (χ2n) is 4.81. The van der Waals surface area contributed by atoms with Crippen LogP contribution in [0.15, 0.2) is 27.6 Å². The Morgan fingerprint density at radius 1 is 1.24 bits per heavy atom. The minimum absolute atomic E-state index is 0.0117. The first-order valence-electron chi connectivity index (χ1n) is 6.31. The molecule has 1 aromatic rings. The van der Waals surface area contributed by atoms with E-state index in [1.54, 1.807) is 12.1 Å². The van der Waals surface area contributed by atoms with Crippen LogP contribution in [0.3, 0.4) is 0 Å². The lowest BCUT2D eigenvalue weighted by atomic mass is 10.2. The Labute approximate surface area is 138 Å². The third-order valence-corrected chi connectivity index (χ3v) is 8.20. The number of alkyl halides is 1. The fourth-order valence-electron chi connectivity index (χ4n) is 2.12. The third-order valence-electron chi connectivity index (χ3n) is 3.28. The summed E-state index contributed by atoms with van der Waals surface area (Å²) in [5, 5.41) is 0. The van der Waals surface area contributed by atoms with Crippen molar-refractivity contribution in [2.45, 2.75) is 17.2 Å². The molecule has 118 valence electrons. The van der Waals surface area contributed by atoms with Crippen molar-refractivity contribution in [3.63, 3.8) is 0 Å². The van der Waals surface area contributed by atoms with Crippen molar-refractivity contribution < 1.29 is 16.8 Å². The van der Waals surface area contributed by atoms with E-state index in [2.05, 4.69) is 15.9 Å². The molecule has 0 N–H and O–H groups in total. The van der Waals surface area contributed by atoms with E-state index in [1.807, 2.05) is 0 Å². The molecule has 1 fully saturated rings. The number of hydrogen-bond acceptors (Lipinski definition) is 4. The third kappa shape index (κ3) is 3.98. The number of halogens is 2. The average molecular weight is 417 g/mol. The van der Waals surface area contributed by atoms with Gasteiger partial charge < -0.3 is 0 Å². The van der Waals surface area contributed by atoms with Crippen LogP contribution in [-0.2, 0) is 25.7 Å². The van der Waals surface area contributed by atoms with Crippen molar-refractivity contribution in [2.24, 2.45) is 0 Å². The molecule has 0 atom stereocenters. The van der Waals surface area contributed by atoms with Crippen molar-refractivity contribution >= 4 is 47.4 Å². The van der Waals surface area contributed by atoms with Crippen molar-refractivity contribution in [2.75, 3.05) is 24.6 Å². The largest absolute Gasteiger partial charge is 0.244 e. The van der Waals surface area contributed by atoms with Gasteiger partial charge in [0.2, 0.25) is 10.0 Å². The van der Waals surface area contributed by atoms with Crippen LogP contribution in [0.2, 0.25) is 0 Å². The molecule has 0 amide bonds. The average Bonchev–Trinajstić information content (AvgIpc) is 2.60. The van der Waals surface area contributed by atoms with Gasteiger partial charge in [-0.3, -0.25) is 0 Å². The second kappa shape index (κ2) is 6.54. The molecule has 0 bridgehead atoms. The highest BCUT2D eigenvalue weighted by Gasteiger charge is 2.30. The molecular weight excluding hydrogens is 402 g/mol. The Balaban J connectivity index is 2.38. The maximum Gasteiger partial charge on any atom is 0.244 e. The van der Waals surface area contributed by atoms with Gasteiger partial charge in [0.15, 0.2) is 9.84 Å². The Hall–Kier alpha value is -0.150. The minimum Gasteiger partial charge on any atom is -0.229 e. The molecule has 1 aliphatic heterocycles. The smallest absolute Gasteiger partial charge is 0.229 e. The summed E-state index contributed by atoms with van der Waals surface area (Å²) >= 11 is 8.98. The van der Waals surface area contributed by atoms with E-state index in [-0.39, 0.29) is 35.4 Å². The van der Waals surface area contributed by atoms with Gasteiger partial charge in [-0.15, -0.1) is 11.6 Å². The molecular formula is C12H15BrClNO4S2. The lowest BCUT2D eigenvalue weighted by Crippen LogP contribution is -2.34. The van der Waals surface area contributed by atoms with Crippen LogP contribution in [0.25, 0.3) is 0 Å². The van der Waals surface area contributed by atoms with Gasteiger partial charge in [0, 0.05) is 23.4 Å². The van der Waals surface area contributed by atoms with Crippen LogP contribution in [0.1, 0.15) is 12.0 Å². The van der Waals surface area contributed by atoms with Crippen LogP contribution in [-0.4, -0.2) is 45.7 Å². The van der Waals surface area contributed by atoms with E-state index in [0.29, 0.717) is 16.5 Å². The molecule has 1 aliphatic rings. The Bertz CT molecular complexity index is 734. The highest BCUT2D eigenvalue weighted by Crippen LogP contribution is 2.27. The summed E-state index contributed by atoms with van der Waals surface area (Å²) in [7, 11) is -6.89. The zero-order valence-electron chi connectivity index (χ0n) is 11.1. The van der Waals surface area contributed by atoms with Gasteiger partial charge in [-0.1, -0.05) is 6.07 Å². The molecule has 0 radical (unpaired) electrons. The van der Waals surface area contributed by atoms with E-state index >= 15 is 0 Å². The fraction of sp³-hybridized carbons (Fsp3) is 0.500. The summed E-state index contributed by atoms with van der Waals surface area (Å²) in [6, 6.07) is 4.90. The number of nitrogens with zero attached hydrogens (tertiary/aromatic N) is 1. The van der Waals surface area contributed by atoms with Gasteiger partial charge in [0.05, 0.1) is 16.4 Å². The normalized spacial score (nSPS) is 20.1. The first kappa shape index (κ1) is 17.2. The Kier molecular flexibility index (Phi) is 5.36. The summed E-state index contributed by atoms with van der Waals surface area (Å²) < 4.78 is 50.3. The van der Waals surface area contributed by atoms with Crippen LogP contribution in [0.5, 0.6) is 0 Å². The molecule has 0 aliphatic carbocycles. The summed E-state index contributed by atoms with van der Waals surface area (Å²) in [5.74, 6) is 0.102. The van der Waals surface area contributed by atoms with Crippen molar-refractivity contribution in [1.82, 2.24) is 4.31 Å². The zero-order valence-corrected chi connectivity index (χ0v) is 15.1. The minimum atomic E-state index is -3.74. The number of benzene rings is 1. The summed E-state index contributed by atoms with van der Waals surface area (Å²) in [6.07, 6.45) is 0.314. The van der Waals surface area contributed by atoms with Crippen LogP contribution < -0.4 is 0 Å². The van der Waals surface area contributed by atoms with Crippen molar-refractivity contribution in [3.05, 3.63) is 28.2 Å². The van der Waals surface area contributed by atoms with E-state index in [4.69, 9.17) is 11.6 Å². The standard InChI is InChI=1S/C12H15BrClNO4S2/c13-11-3-2-10(9-14)8-12(11)21(18,19)15-4-1-6-20(16,17)7-5-15/h2-3,8H,1,4-7,9H2. The zero-order chi connectivity index (χ0) is 15.7. The first-order chi connectivity index (χ1) is 9.76. The van der Waals surface area contributed by atoms with Crippen molar-refractivity contribution in [3.8, 4) is 0 Å². The highest BCUT2D eigenvalue weighted by atomic mass is 79.9. The monoisotopic (exact) mass is 415 g/mol. The van der Waals surface area contributed by atoms with Crippen LogP contribution >= 0.6 is 27.5 Å². The lowest BCUT2D eigenvalue weighted by Gasteiger charge is -2.20. The first-order valence-corrected chi connectivity index (χ1v) is 10.9. The quantitative estimate of drug-likeness (QED) is 0.707. The molecule has 1 heterocycles. The summed E-state index contributed by atoms with van der Waals surface area (Å²) in [4.78, 5) is 0.125. The molecule has 5 nitrogen and oxygen atoms in total. The van der Waals surface area contributed by atoms with Gasteiger partial charge in [-0.05, 0) is 40.0 Å². The number of sulfone groups is 1. The van der Waals surface area contributed by atoms with Gasteiger partial charge in [-0.25, -0.2) is 16.8 Å². The maximum atomic E-state index is 12.7. The molecule has 9 heteroatoms. The molecule has 0 saturated carbocycles.